The highest BCUT2D eigenvalue weighted by Gasteiger charge is 2.32. The second-order valence-corrected chi connectivity index (χ2v) is 9.20. The van der Waals surface area contributed by atoms with Gasteiger partial charge in [0.25, 0.3) is 0 Å². The summed E-state index contributed by atoms with van der Waals surface area (Å²) in [6.07, 6.45) is -0.0204. The van der Waals surface area contributed by atoms with Crippen LogP contribution >= 0.6 is 39.0 Å². The minimum atomic E-state index is -0.587. The van der Waals surface area contributed by atoms with Gasteiger partial charge in [0.15, 0.2) is 5.17 Å². The number of halogens is 2. The topological polar surface area (TPSA) is 82.9 Å². The highest BCUT2D eigenvalue weighted by atomic mass is 79.9. The first-order valence-electron chi connectivity index (χ1n) is 7.81. The minimum absolute atomic E-state index is 0.0204. The molecule has 10 heteroatoms. The third kappa shape index (κ3) is 5.47. The molecule has 3 rings (SSSR count). The number of benzene rings is 1. The number of hydrogen-bond donors (Lipinski definition) is 2. The van der Waals surface area contributed by atoms with Gasteiger partial charge in [0.2, 0.25) is 11.8 Å². The molecule has 140 valence electrons. The van der Waals surface area contributed by atoms with Crippen molar-refractivity contribution in [1.82, 2.24) is 5.32 Å². The summed E-state index contributed by atoms with van der Waals surface area (Å²) >= 11 is 6.09. The molecule has 2 N–H and O–H groups in total. The van der Waals surface area contributed by atoms with Gasteiger partial charge >= 0.3 is 0 Å². The van der Waals surface area contributed by atoms with Crippen LogP contribution in [-0.4, -0.2) is 27.9 Å². The molecule has 1 aliphatic heterocycles. The molecule has 27 heavy (non-hydrogen) atoms. The highest BCUT2D eigenvalue weighted by molar-refractivity contribution is 9.11. The lowest BCUT2D eigenvalue weighted by atomic mass is 10.2. The molecular weight excluding hydrogens is 455 g/mol. The van der Waals surface area contributed by atoms with Gasteiger partial charge in [0.1, 0.15) is 11.1 Å². The molecule has 1 aliphatic rings. The van der Waals surface area contributed by atoms with Crippen LogP contribution in [0.1, 0.15) is 18.2 Å². The monoisotopic (exact) mass is 468 g/mol. The molecule has 0 aliphatic carbocycles. The van der Waals surface area contributed by atoms with Crippen molar-refractivity contribution < 1.29 is 14.0 Å². The fraction of sp³-hybridized carbons (Fsp3) is 0.176. The van der Waals surface area contributed by atoms with Crippen LogP contribution in [0, 0.1) is 5.82 Å². The number of thioether (sulfide) groups is 1. The van der Waals surface area contributed by atoms with Crippen molar-refractivity contribution in [3.8, 4) is 0 Å². The molecule has 0 bridgehead atoms. The SMILES string of the molecule is C/C(=N/N=C1/NC(=O)[C@H](CC(=O)Nc2ccc(F)cc2)S1)c1ccc(Br)s1. The van der Waals surface area contributed by atoms with Gasteiger partial charge in [-0.25, -0.2) is 4.39 Å². The largest absolute Gasteiger partial charge is 0.326 e. The molecule has 0 saturated carbocycles. The minimum Gasteiger partial charge on any atom is -0.326 e. The summed E-state index contributed by atoms with van der Waals surface area (Å²) in [5, 5.41) is 13.2. The van der Waals surface area contributed by atoms with Crippen LogP contribution in [0.15, 0.2) is 50.4 Å². The van der Waals surface area contributed by atoms with Crippen LogP contribution in [0.4, 0.5) is 10.1 Å². The molecule has 2 amide bonds. The van der Waals surface area contributed by atoms with E-state index >= 15 is 0 Å². The molecule has 1 atom stereocenters. The first kappa shape index (κ1) is 19.7. The lowest BCUT2D eigenvalue weighted by molar-refractivity contribution is -0.122. The summed E-state index contributed by atoms with van der Waals surface area (Å²) in [5.41, 5.74) is 1.20. The normalized spacial score (nSPS) is 18.6. The molecular formula is C17H14BrFN4O2S2. The van der Waals surface area contributed by atoms with E-state index in [0.29, 0.717) is 10.9 Å². The van der Waals surface area contributed by atoms with Crippen LogP contribution in [-0.2, 0) is 9.59 Å². The van der Waals surface area contributed by atoms with E-state index < -0.39 is 5.25 Å². The predicted molar refractivity (Wildman–Crippen MR) is 111 cm³/mol. The smallest absolute Gasteiger partial charge is 0.240 e. The Morgan fingerprint density at radius 2 is 2.04 bits per heavy atom. The number of thiophene rings is 1. The zero-order chi connectivity index (χ0) is 19.4. The van der Waals surface area contributed by atoms with Crippen molar-refractivity contribution in [3.63, 3.8) is 0 Å². The lowest BCUT2D eigenvalue weighted by Crippen LogP contribution is -2.28. The standard InChI is InChI=1S/C17H14BrFN4O2S2/c1-9(12-6-7-14(18)26-12)22-23-17-21-16(25)13(27-17)8-15(24)20-11-4-2-10(19)3-5-11/h2-7,13H,8H2,1H3,(H,20,24)(H,21,23,25)/b22-9-/t13-/m0/s1. The van der Waals surface area contributed by atoms with E-state index in [0.717, 1.165) is 26.1 Å². The second kappa shape index (κ2) is 8.77. The van der Waals surface area contributed by atoms with Gasteiger partial charge < -0.3 is 10.6 Å². The van der Waals surface area contributed by atoms with Crippen LogP contribution in [0.3, 0.4) is 0 Å². The summed E-state index contributed by atoms with van der Waals surface area (Å²) in [6.45, 7) is 1.83. The maximum Gasteiger partial charge on any atom is 0.240 e. The summed E-state index contributed by atoms with van der Waals surface area (Å²) in [5.74, 6) is -1.01. The molecule has 1 saturated heterocycles. The van der Waals surface area contributed by atoms with E-state index in [-0.39, 0.29) is 24.1 Å². The lowest BCUT2D eigenvalue weighted by Gasteiger charge is -2.07. The van der Waals surface area contributed by atoms with Crippen LogP contribution in [0.25, 0.3) is 0 Å². The quantitative estimate of drug-likeness (QED) is 0.513. The van der Waals surface area contributed by atoms with Gasteiger partial charge in [0.05, 0.1) is 14.4 Å². The van der Waals surface area contributed by atoms with Crippen LogP contribution in [0.5, 0.6) is 0 Å². The van der Waals surface area contributed by atoms with E-state index in [2.05, 4.69) is 36.8 Å². The van der Waals surface area contributed by atoms with Gasteiger partial charge in [-0.15, -0.1) is 16.4 Å². The Balaban J connectivity index is 1.58. The van der Waals surface area contributed by atoms with Crippen molar-refractivity contribution in [3.05, 3.63) is 50.9 Å². The van der Waals surface area contributed by atoms with Gasteiger partial charge in [-0.3, -0.25) is 9.59 Å². The Bertz CT molecular complexity index is 927. The highest BCUT2D eigenvalue weighted by Crippen LogP contribution is 2.25. The second-order valence-electron chi connectivity index (χ2n) is 5.55. The molecule has 0 unspecified atom stereocenters. The third-order valence-electron chi connectivity index (χ3n) is 3.50. The predicted octanol–water partition coefficient (Wildman–Crippen LogP) is 3.99. The van der Waals surface area contributed by atoms with E-state index in [9.17, 15) is 14.0 Å². The summed E-state index contributed by atoms with van der Waals surface area (Å²) in [6, 6.07) is 9.28. The van der Waals surface area contributed by atoms with E-state index in [1.807, 2.05) is 19.1 Å². The number of anilines is 1. The van der Waals surface area contributed by atoms with Crippen molar-refractivity contribution in [2.24, 2.45) is 10.2 Å². The molecule has 0 radical (unpaired) electrons. The van der Waals surface area contributed by atoms with Crippen molar-refractivity contribution in [2.75, 3.05) is 5.32 Å². The molecule has 2 heterocycles. The van der Waals surface area contributed by atoms with Gasteiger partial charge in [0, 0.05) is 12.1 Å². The number of rotatable bonds is 5. The first-order valence-corrected chi connectivity index (χ1v) is 10.3. The van der Waals surface area contributed by atoms with Gasteiger partial charge in [-0.2, -0.15) is 5.10 Å². The van der Waals surface area contributed by atoms with Gasteiger partial charge in [-0.05, 0) is 59.3 Å². The molecule has 1 fully saturated rings. The Labute approximate surface area is 171 Å². The third-order valence-corrected chi connectivity index (χ3v) is 6.30. The maximum atomic E-state index is 12.9. The van der Waals surface area contributed by atoms with Crippen LogP contribution < -0.4 is 10.6 Å². The number of amidine groups is 1. The fourth-order valence-corrected chi connectivity index (χ4v) is 4.42. The van der Waals surface area contributed by atoms with Gasteiger partial charge in [-0.1, -0.05) is 11.8 Å². The zero-order valence-corrected chi connectivity index (χ0v) is 17.3. The van der Waals surface area contributed by atoms with Crippen molar-refractivity contribution >= 4 is 67.4 Å². The number of nitrogens with one attached hydrogen (secondary N) is 2. The summed E-state index contributed by atoms with van der Waals surface area (Å²) in [4.78, 5) is 25.1. The number of carbonyl (C=O) groups excluding carboxylic acids is 2. The fourth-order valence-electron chi connectivity index (χ4n) is 2.18. The average molecular weight is 469 g/mol. The zero-order valence-electron chi connectivity index (χ0n) is 14.0. The molecule has 0 spiro atoms. The molecule has 1 aromatic carbocycles. The van der Waals surface area contributed by atoms with E-state index in [4.69, 9.17) is 0 Å². The van der Waals surface area contributed by atoms with Crippen molar-refractivity contribution in [1.29, 1.82) is 0 Å². The molecule has 6 nitrogen and oxygen atoms in total. The Hall–Kier alpha value is -2.04. The molecule has 1 aromatic heterocycles. The number of hydrogen-bond acceptors (Lipinski definition) is 6. The number of nitrogens with zero attached hydrogens (tertiary/aromatic N) is 2. The summed E-state index contributed by atoms with van der Waals surface area (Å²) < 4.78 is 13.9. The number of amides is 2. The summed E-state index contributed by atoms with van der Waals surface area (Å²) in [7, 11) is 0. The van der Waals surface area contributed by atoms with E-state index in [1.165, 1.54) is 35.6 Å². The average Bonchev–Trinajstić information content (AvgIpc) is 3.21. The van der Waals surface area contributed by atoms with E-state index in [1.54, 1.807) is 0 Å². The first-order chi connectivity index (χ1) is 12.9. The molecule has 2 aromatic rings. The van der Waals surface area contributed by atoms with Crippen molar-refractivity contribution in [2.45, 2.75) is 18.6 Å². The Morgan fingerprint density at radius 1 is 1.30 bits per heavy atom. The van der Waals surface area contributed by atoms with Crippen LogP contribution in [0.2, 0.25) is 0 Å². The maximum absolute atomic E-state index is 12.9. The number of carbonyl (C=O) groups is 2. The Kier molecular flexibility index (Phi) is 6.40. The Morgan fingerprint density at radius 3 is 2.70 bits per heavy atom.